The van der Waals surface area contributed by atoms with Gasteiger partial charge in [-0.3, -0.25) is 0 Å². The van der Waals surface area contributed by atoms with Crippen molar-refractivity contribution in [3.05, 3.63) is 0 Å². The third-order valence-electron chi connectivity index (χ3n) is 1.78. The lowest BCUT2D eigenvalue weighted by molar-refractivity contribution is 0.153. The second-order valence-electron chi connectivity index (χ2n) is 3.11. The highest BCUT2D eigenvalue weighted by Crippen LogP contribution is 2.16. The van der Waals surface area contributed by atoms with Crippen LogP contribution in [0.15, 0.2) is 0 Å². The third kappa shape index (κ3) is 1.39. The van der Waals surface area contributed by atoms with Crippen LogP contribution in [-0.4, -0.2) is 34.7 Å². The molecule has 0 aromatic rings. The maximum atomic E-state index is 10.4. The minimum atomic E-state index is -0.867. The van der Waals surface area contributed by atoms with Crippen molar-refractivity contribution < 1.29 is 9.90 Å². The Hall–Kier alpha value is -0.770. The zero-order valence-corrected chi connectivity index (χ0v) is 6.00. The number of hydrogen-bond donors (Lipinski definition) is 2. The number of amides is 1. The minimum absolute atomic E-state index is 0.307. The van der Waals surface area contributed by atoms with Crippen molar-refractivity contribution in [3.8, 4) is 0 Å². The smallest absolute Gasteiger partial charge is 0.407 e. The van der Waals surface area contributed by atoms with Crippen LogP contribution in [0.2, 0.25) is 0 Å². The molecule has 1 atom stereocenters. The molecule has 1 fully saturated rings. The summed E-state index contributed by atoms with van der Waals surface area (Å²) >= 11 is 0. The van der Waals surface area contributed by atoms with Gasteiger partial charge in [0.15, 0.2) is 0 Å². The summed E-state index contributed by atoms with van der Waals surface area (Å²) < 4.78 is 0. The summed E-state index contributed by atoms with van der Waals surface area (Å²) in [5.74, 6) is 0. The summed E-state index contributed by atoms with van der Waals surface area (Å²) in [7, 11) is 0. The number of rotatable bonds is 0. The van der Waals surface area contributed by atoms with Gasteiger partial charge in [-0.1, -0.05) is 0 Å². The first kappa shape index (κ1) is 7.34. The highest BCUT2D eigenvalue weighted by Gasteiger charge is 2.32. The fourth-order valence-corrected chi connectivity index (χ4v) is 1.15. The zero-order chi connectivity index (χ0) is 7.78. The van der Waals surface area contributed by atoms with Crippen LogP contribution in [0.1, 0.15) is 13.3 Å². The number of hydrogen-bond acceptors (Lipinski definition) is 2. The minimum Gasteiger partial charge on any atom is -0.465 e. The molecule has 0 aliphatic carbocycles. The fourth-order valence-electron chi connectivity index (χ4n) is 1.15. The van der Waals surface area contributed by atoms with Crippen molar-refractivity contribution in [2.24, 2.45) is 5.73 Å². The molecule has 1 saturated heterocycles. The van der Waals surface area contributed by atoms with E-state index in [1.165, 1.54) is 4.90 Å². The first-order valence-electron chi connectivity index (χ1n) is 3.28. The molecule has 1 aliphatic rings. The second-order valence-corrected chi connectivity index (χ2v) is 3.11. The van der Waals surface area contributed by atoms with Gasteiger partial charge in [-0.05, 0) is 13.3 Å². The lowest BCUT2D eigenvalue weighted by atomic mass is 10.0. The van der Waals surface area contributed by atoms with Crippen LogP contribution in [0.25, 0.3) is 0 Å². The van der Waals surface area contributed by atoms with Crippen molar-refractivity contribution in [3.63, 3.8) is 0 Å². The Balaban J connectivity index is 2.51. The summed E-state index contributed by atoms with van der Waals surface area (Å²) in [5, 5.41) is 8.52. The Labute approximate surface area is 59.6 Å². The lowest BCUT2D eigenvalue weighted by Crippen LogP contribution is -2.40. The first-order chi connectivity index (χ1) is 4.51. The Morgan fingerprint density at radius 2 is 2.40 bits per heavy atom. The van der Waals surface area contributed by atoms with Crippen molar-refractivity contribution in [2.45, 2.75) is 18.9 Å². The number of likely N-dealkylation sites (tertiary alicyclic amines) is 1. The van der Waals surface area contributed by atoms with E-state index < -0.39 is 6.09 Å². The summed E-state index contributed by atoms with van der Waals surface area (Å²) in [6, 6.07) is 0. The first-order valence-corrected chi connectivity index (χ1v) is 3.28. The van der Waals surface area contributed by atoms with Crippen LogP contribution in [0.3, 0.4) is 0 Å². The van der Waals surface area contributed by atoms with Gasteiger partial charge in [0.25, 0.3) is 0 Å². The van der Waals surface area contributed by atoms with Gasteiger partial charge in [-0.15, -0.1) is 0 Å². The van der Waals surface area contributed by atoms with Gasteiger partial charge in [0.1, 0.15) is 0 Å². The van der Waals surface area contributed by atoms with Gasteiger partial charge in [0, 0.05) is 18.6 Å². The monoisotopic (exact) mass is 144 g/mol. The van der Waals surface area contributed by atoms with Crippen LogP contribution in [-0.2, 0) is 0 Å². The number of carboxylic acid groups (broad SMARTS) is 1. The van der Waals surface area contributed by atoms with Crippen molar-refractivity contribution in [1.82, 2.24) is 4.90 Å². The van der Waals surface area contributed by atoms with E-state index in [0.717, 1.165) is 6.42 Å². The predicted octanol–water partition coefficient (Wildman–Crippen LogP) is 0.0875. The Morgan fingerprint density at radius 3 is 2.60 bits per heavy atom. The van der Waals surface area contributed by atoms with E-state index in [1.54, 1.807) is 0 Å². The van der Waals surface area contributed by atoms with Crippen LogP contribution >= 0.6 is 0 Å². The molecule has 4 nitrogen and oxygen atoms in total. The quantitative estimate of drug-likeness (QED) is 0.506. The molecule has 3 N–H and O–H groups in total. The van der Waals surface area contributed by atoms with E-state index in [0.29, 0.717) is 13.1 Å². The molecule has 1 aliphatic heterocycles. The van der Waals surface area contributed by atoms with Gasteiger partial charge in [-0.25, -0.2) is 4.79 Å². The molecule has 0 radical (unpaired) electrons. The predicted molar refractivity (Wildman–Crippen MR) is 36.8 cm³/mol. The van der Waals surface area contributed by atoms with E-state index in [2.05, 4.69) is 0 Å². The van der Waals surface area contributed by atoms with Gasteiger partial charge in [-0.2, -0.15) is 0 Å². The van der Waals surface area contributed by atoms with Crippen molar-refractivity contribution >= 4 is 6.09 Å². The van der Waals surface area contributed by atoms with Crippen LogP contribution < -0.4 is 5.73 Å². The molecule has 0 spiro atoms. The summed E-state index contributed by atoms with van der Waals surface area (Å²) in [4.78, 5) is 11.7. The van der Waals surface area contributed by atoms with Crippen molar-refractivity contribution in [2.75, 3.05) is 13.1 Å². The van der Waals surface area contributed by atoms with E-state index >= 15 is 0 Å². The maximum absolute atomic E-state index is 10.4. The van der Waals surface area contributed by atoms with E-state index in [-0.39, 0.29) is 5.54 Å². The van der Waals surface area contributed by atoms with Gasteiger partial charge in [0.2, 0.25) is 0 Å². The number of carbonyl (C=O) groups is 1. The average molecular weight is 144 g/mol. The number of nitrogens with two attached hydrogens (primary N) is 1. The van der Waals surface area contributed by atoms with E-state index in [9.17, 15) is 4.79 Å². The molecule has 1 rings (SSSR count). The van der Waals surface area contributed by atoms with E-state index in [1.807, 2.05) is 6.92 Å². The summed E-state index contributed by atoms with van der Waals surface area (Å²) in [6.07, 6.45) is -0.103. The zero-order valence-electron chi connectivity index (χ0n) is 6.00. The largest absolute Gasteiger partial charge is 0.465 e. The van der Waals surface area contributed by atoms with Crippen molar-refractivity contribution in [1.29, 1.82) is 0 Å². The van der Waals surface area contributed by atoms with Gasteiger partial charge < -0.3 is 15.7 Å². The highest BCUT2D eigenvalue weighted by atomic mass is 16.4. The normalized spacial score (nSPS) is 32.8. The Kier molecular flexibility index (Phi) is 1.56. The molecule has 10 heavy (non-hydrogen) atoms. The lowest BCUT2D eigenvalue weighted by Gasteiger charge is -2.16. The molecule has 0 bridgehead atoms. The van der Waals surface area contributed by atoms with Crippen LogP contribution in [0, 0.1) is 0 Å². The molecule has 0 aromatic carbocycles. The van der Waals surface area contributed by atoms with Crippen LogP contribution in [0.4, 0.5) is 4.79 Å². The topological polar surface area (TPSA) is 66.6 Å². The maximum Gasteiger partial charge on any atom is 0.407 e. The molecule has 0 unspecified atom stereocenters. The summed E-state index contributed by atoms with van der Waals surface area (Å²) in [6.45, 7) is 2.90. The van der Waals surface area contributed by atoms with E-state index in [4.69, 9.17) is 10.8 Å². The third-order valence-corrected chi connectivity index (χ3v) is 1.78. The van der Waals surface area contributed by atoms with Crippen LogP contribution in [0.5, 0.6) is 0 Å². The highest BCUT2D eigenvalue weighted by molar-refractivity contribution is 5.65. The molecule has 0 aromatic heterocycles. The molecule has 1 heterocycles. The molecule has 4 heteroatoms. The molecule has 1 amide bonds. The molecular formula is C6H12N2O2. The molecule has 0 saturated carbocycles. The Bertz CT molecular complexity index is 156. The van der Waals surface area contributed by atoms with Gasteiger partial charge in [0.05, 0.1) is 0 Å². The fraction of sp³-hybridized carbons (Fsp3) is 0.833. The average Bonchev–Trinajstić information content (AvgIpc) is 2.10. The SMILES string of the molecule is C[C@@]1(N)CCN(C(=O)O)C1. The molecular weight excluding hydrogens is 132 g/mol. The Morgan fingerprint density at radius 1 is 1.80 bits per heavy atom. The number of nitrogens with zero attached hydrogens (tertiary/aromatic N) is 1. The second kappa shape index (κ2) is 2.12. The standard InChI is InChI=1S/C6H12N2O2/c1-6(7)2-3-8(4-6)5(9)10/h2-4,7H2,1H3,(H,9,10)/t6-/m1/s1. The van der Waals surface area contributed by atoms with Gasteiger partial charge >= 0.3 is 6.09 Å². The molecule has 58 valence electrons. The summed E-state index contributed by atoms with van der Waals surface area (Å²) in [5.41, 5.74) is 5.39.